The Morgan fingerprint density at radius 2 is 2.00 bits per heavy atom. The van der Waals surface area contributed by atoms with Gasteiger partial charge in [-0.2, -0.15) is 0 Å². The Kier molecular flexibility index (Phi) is 4.14. The summed E-state index contributed by atoms with van der Waals surface area (Å²) < 4.78 is 5.31. The Bertz CT molecular complexity index is 308. The van der Waals surface area contributed by atoms with Gasteiger partial charge in [0.15, 0.2) is 0 Å². The number of rotatable bonds is 5. The van der Waals surface area contributed by atoms with Crippen LogP contribution in [0.1, 0.15) is 27.2 Å². The third-order valence-electron chi connectivity index (χ3n) is 3.16. The zero-order valence-electron chi connectivity index (χ0n) is 10.8. The lowest BCUT2D eigenvalue weighted by atomic mass is 9.89. The summed E-state index contributed by atoms with van der Waals surface area (Å²) in [6.07, 6.45) is 0.377. The molecule has 0 spiro atoms. The number of nitrogens with one attached hydrogen (secondary N) is 1. The summed E-state index contributed by atoms with van der Waals surface area (Å²) in [5.74, 6) is -1.91. The fourth-order valence-corrected chi connectivity index (χ4v) is 1.83. The van der Waals surface area contributed by atoms with E-state index < -0.39 is 11.9 Å². The van der Waals surface area contributed by atoms with Gasteiger partial charge in [-0.05, 0) is 11.8 Å². The van der Waals surface area contributed by atoms with Crippen molar-refractivity contribution in [1.29, 1.82) is 0 Å². The van der Waals surface area contributed by atoms with Gasteiger partial charge in [0.05, 0.1) is 17.9 Å². The Balaban J connectivity index is 2.36. The predicted molar refractivity (Wildman–Crippen MR) is 62.5 cm³/mol. The number of carboxylic acid groups (broad SMARTS) is 1. The average molecular weight is 243 g/mol. The van der Waals surface area contributed by atoms with E-state index in [4.69, 9.17) is 9.84 Å². The molecule has 17 heavy (non-hydrogen) atoms. The molecule has 0 saturated heterocycles. The molecule has 0 aromatic carbocycles. The van der Waals surface area contributed by atoms with Gasteiger partial charge >= 0.3 is 5.97 Å². The highest BCUT2D eigenvalue weighted by Crippen LogP contribution is 2.38. The molecular formula is C12H21NO4. The highest BCUT2D eigenvalue weighted by molar-refractivity contribution is 5.89. The van der Waals surface area contributed by atoms with Crippen LogP contribution in [-0.2, 0) is 14.3 Å². The molecule has 0 heterocycles. The number of carbonyl (C=O) groups excluding carboxylic acids is 1. The summed E-state index contributed by atoms with van der Waals surface area (Å²) in [5.41, 5.74) is -0.0578. The highest BCUT2D eigenvalue weighted by atomic mass is 16.5. The molecule has 1 aliphatic carbocycles. The molecule has 1 aliphatic rings. The van der Waals surface area contributed by atoms with Crippen LogP contribution in [0.4, 0.5) is 0 Å². The lowest BCUT2D eigenvalue weighted by Gasteiger charge is -2.29. The van der Waals surface area contributed by atoms with Crippen LogP contribution in [0, 0.1) is 17.3 Å². The lowest BCUT2D eigenvalue weighted by molar-refractivity contribution is -0.140. The molecule has 3 atom stereocenters. The Morgan fingerprint density at radius 1 is 1.41 bits per heavy atom. The van der Waals surface area contributed by atoms with Crippen molar-refractivity contribution in [2.75, 3.05) is 13.7 Å². The second kappa shape index (κ2) is 5.04. The fraction of sp³-hybridized carbons (Fsp3) is 0.833. The van der Waals surface area contributed by atoms with Crippen LogP contribution in [0.5, 0.6) is 0 Å². The van der Waals surface area contributed by atoms with Crippen LogP contribution in [0.2, 0.25) is 0 Å². The molecule has 2 N–H and O–H groups in total. The van der Waals surface area contributed by atoms with E-state index in [1.807, 2.05) is 20.8 Å². The van der Waals surface area contributed by atoms with Gasteiger partial charge in [0.25, 0.3) is 0 Å². The first-order valence-electron chi connectivity index (χ1n) is 5.80. The summed E-state index contributed by atoms with van der Waals surface area (Å²) in [5, 5.41) is 11.5. The van der Waals surface area contributed by atoms with Gasteiger partial charge in [0.1, 0.15) is 0 Å². The molecular weight excluding hydrogens is 222 g/mol. The second-order valence-corrected chi connectivity index (χ2v) is 5.62. The van der Waals surface area contributed by atoms with Crippen molar-refractivity contribution in [1.82, 2.24) is 5.32 Å². The van der Waals surface area contributed by atoms with Gasteiger partial charge in [-0.3, -0.25) is 9.59 Å². The van der Waals surface area contributed by atoms with Crippen molar-refractivity contribution in [3.05, 3.63) is 0 Å². The van der Waals surface area contributed by atoms with Crippen LogP contribution in [0.3, 0.4) is 0 Å². The third-order valence-corrected chi connectivity index (χ3v) is 3.16. The second-order valence-electron chi connectivity index (χ2n) is 5.62. The Hall–Kier alpha value is -1.10. The SMILES string of the molecule is CO[C@H](CNC(=O)[C@@H]1C[C@@H]1C(=O)O)C(C)(C)C. The quantitative estimate of drug-likeness (QED) is 0.751. The van der Waals surface area contributed by atoms with E-state index >= 15 is 0 Å². The van der Waals surface area contributed by atoms with Crippen LogP contribution < -0.4 is 5.32 Å². The summed E-state index contributed by atoms with van der Waals surface area (Å²) in [6.45, 7) is 6.52. The maximum Gasteiger partial charge on any atom is 0.307 e. The monoisotopic (exact) mass is 243 g/mol. The molecule has 0 aliphatic heterocycles. The molecule has 98 valence electrons. The first-order chi connectivity index (χ1) is 7.77. The number of amides is 1. The van der Waals surface area contributed by atoms with E-state index in [0.717, 1.165) is 0 Å². The largest absolute Gasteiger partial charge is 0.481 e. The molecule has 5 nitrogen and oxygen atoms in total. The van der Waals surface area contributed by atoms with Gasteiger partial charge in [-0.15, -0.1) is 0 Å². The zero-order valence-corrected chi connectivity index (χ0v) is 10.8. The first-order valence-corrected chi connectivity index (χ1v) is 5.80. The molecule has 5 heteroatoms. The van der Waals surface area contributed by atoms with E-state index in [-0.39, 0.29) is 23.3 Å². The number of aliphatic carboxylic acids is 1. The number of hydrogen-bond acceptors (Lipinski definition) is 3. The first kappa shape index (κ1) is 14.0. The average Bonchev–Trinajstić information content (AvgIpc) is 2.95. The van der Waals surface area contributed by atoms with Crippen molar-refractivity contribution in [2.24, 2.45) is 17.3 Å². The number of carboxylic acids is 1. The minimum atomic E-state index is -0.885. The van der Waals surface area contributed by atoms with Crippen molar-refractivity contribution in [3.8, 4) is 0 Å². The summed E-state index contributed by atoms with van der Waals surface area (Å²) in [7, 11) is 1.61. The van der Waals surface area contributed by atoms with E-state index in [9.17, 15) is 9.59 Å². The van der Waals surface area contributed by atoms with Gasteiger partial charge in [-0.25, -0.2) is 0 Å². The molecule has 0 bridgehead atoms. The highest BCUT2D eigenvalue weighted by Gasteiger charge is 2.48. The van der Waals surface area contributed by atoms with Crippen molar-refractivity contribution >= 4 is 11.9 Å². The molecule has 0 aromatic rings. The van der Waals surface area contributed by atoms with Crippen LogP contribution in [0.15, 0.2) is 0 Å². The molecule has 0 aromatic heterocycles. The molecule has 0 unspecified atom stereocenters. The van der Waals surface area contributed by atoms with Crippen molar-refractivity contribution in [3.63, 3.8) is 0 Å². The number of ether oxygens (including phenoxy) is 1. The zero-order chi connectivity index (χ0) is 13.2. The van der Waals surface area contributed by atoms with E-state index in [1.165, 1.54) is 0 Å². The van der Waals surface area contributed by atoms with Crippen molar-refractivity contribution in [2.45, 2.75) is 33.3 Å². The number of methoxy groups -OCH3 is 1. The Labute approximate surface area is 102 Å². The lowest BCUT2D eigenvalue weighted by Crippen LogP contribution is -2.41. The maximum atomic E-state index is 11.6. The minimum Gasteiger partial charge on any atom is -0.481 e. The van der Waals surface area contributed by atoms with Gasteiger partial charge in [0, 0.05) is 13.7 Å². The van der Waals surface area contributed by atoms with E-state index in [2.05, 4.69) is 5.32 Å². The fourth-order valence-electron chi connectivity index (χ4n) is 1.83. The van der Waals surface area contributed by atoms with Gasteiger partial charge in [-0.1, -0.05) is 20.8 Å². The topological polar surface area (TPSA) is 75.6 Å². The van der Waals surface area contributed by atoms with Gasteiger partial charge < -0.3 is 15.2 Å². The smallest absolute Gasteiger partial charge is 0.307 e. The molecule has 1 fully saturated rings. The summed E-state index contributed by atoms with van der Waals surface area (Å²) in [6, 6.07) is 0. The molecule has 0 radical (unpaired) electrons. The van der Waals surface area contributed by atoms with Crippen LogP contribution >= 0.6 is 0 Å². The molecule has 1 saturated carbocycles. The van der Waals surface area contributed by atoms with E-state index in [0.29, 0.717) is 13.0 Å². The van der Waals surface area contributed by atoms with Crippen molar-refractivity contribution < 1.29 is 19.4 Å². The number of carbonyl (C=O) groups is 2. The van der Waals surface area contributed by atoms with Gasteiger partial charge in [0.2, 0.25) is 5.91 Å². The minimum absolute atomic E-state index is 0.0578. The van der Waals surface area contributed by atoms with Crippen LogP contribution in [-0.4, -0.2) is 36.7 Å². The summed E-state index contributed by atoms with van der Waals surface area (Å²) in [4.78, 5) is 22.3. The standard InChI is InChI=1S/C12H21NO4/c1-12(2,3)9(17-4)6-13-10(14)7-5-8(7)11(15)16/h7-9H,5-6H2,1-4H3,(H,13,14)(H,15,16)/t7-,8+,9-/m1/s1. The Morgan fingerprint density at radius 3 is 2.35 bits per heavy atom. The van der Waals surface area contributed by atoms with E-state index in [1.54, 1.807) is 7.11 Å². The predicted octanol–water partition coefficient (Wildman–Crippen LogP) is 0.884. The molecule has 1 amide bonds. The summed E-state index contributed by atoms with van der Waals surface area (Å²) >= 11 is 0. The molecule has 1 rings (SSSR count). The third kappa shape index (κ3) is 3.70. The number of hydrogen-bond donors (Lipinski definition) is 2. The maximum absolute atomic E-state index is 11.6. The van der Waals surface area contributed by atoms with Crippen LogP contribution in [0.25, 0.3) is 0 Å². The normalized spacial score (nSPS) is 25.2.